The van der Waals surface area contributed by atoms with Gasteiger partial charge in [0, 0.05) is 12.6 Å². The van der Waals surface area contributed by atoms with Gasteiger partial charge in [-0.3, -0.25) is 0 Å². The number of sulfonamides is 1. The fourth-order valence-corrected chi connectivity index (χ4v) is 4.49. The molecule has 0 aliphatic rings. The Morgan fingerprint density at radius 1 is 1.33 bits per heavy atom. The first-order valence-electron chi connectivity index (χ1n) is 5.51. The van der Waals surface area contributed by atoms with Crippen LogP contribution in [0.3, 0.4) is 0 Å². The second kappa shape index (κ2) is 7.07. The van der Waals surface area contributed by atoms with Crippen molar-refractivity contribution in [3.63, 3.8) is 0 Å². The molecule has 0 saturated carbocycles. The molecule has 1 aromatic rings. The number of halogens is 2. The lowest BCUT2D eigenvalue weighted by atomic mass is 10.3. The fraction of sp³-hybridized carbons (Fsp3) is 0.600. The van der Waals surface area contributed by atoms with Gasteiger partial charge in [0.05, 0.1) is 4.34 Å². The second-order valence-electron chi connectivity index (χ2n) is 4.05. The monoisotopic (exact) mass is 330 g/mol. The molecule has 0 unspecified atom stereocenters. The van der Waals surface area contributed by atoms with Crippen LogP contribution in [0.4, 0.5) is 0 Å². The van der Waals surface area contributed by atoms with Crippen molar-refractivity contribution in [2.75, 3.05) is 13.1 Å². The van der Waals surface area contributed by atoms with E-state index in [0.29, 0.717) is 23.3 Å². The number of nitrogens with one attached hydrogen (secondary N) is 2. The van der Waals surface area contributed by atoms with Crippen molar-refractivity contribution < 1.29 is 8.42 Å². The van der Waals surface area contributed by atoms with Gasteiger partial charge in [0.15, 0.2) is 0 Å². The van der Waals surface area contributed by atoms with Crippen LogP contribution < -0.4 is 10.0 Å². The summed E-state index contributed by atoms with van der Waals surface area (Å²) >= 11 is 12.6. The van der Waals surface area contributed by atoms with Crippen molar-refractivity contribution >= 4 is 44.6 Å². The van der Waals surface area contributed by atoms with Gasteiger partial charge in [-0.2, -0.15) is 0 Å². The van der Waals surface area contributed by atoms with E-state index in [1.54, 1.807) is 0 Å². The van der Waals surface area contributed by atoms with Crippen LogP contribution in [0.1, 0.15) is 20.3 Å². The van der Waals surface area contributed by atoms with Gasteiger partial charge in [-0.05, 0) is 19.0 Å². The number of hydrogen-bond acceptors (Lipinski definition) is 4. The summed E-state index contributed by atoms with van der Waals surface area (Å²) in [6.07, 6.45) is 0.715. The van der Waals surface area contributed by atoms with Gasteiger partial charge in [0.2, 0.25) is 10.0 Å². The summed E-state index contributed by atoms with van der Waals surface area (Å²) in [4.78, 5) is 0.0518. The van der Waals surface area contributed by atoms with Gasteiger partial charge >= 0.3 is 0 Å². The summed E-state index contributed by atoms with van der Waals surface area (Å²) < 4.78 is 26.8. The highest BCUT2D eigenvalue weighted by Gasteiger charge is 2.20. The lowest BCUT2D eigenvalue weighted by Crippen LogP contribution is -2.29. The number of thiophene rings is 1. The molecule has 0 fully saturated rings. The molecule has 0 aliphatic heterocycles. The molecule has 2 N–H and O–H groups in total. The van der Waals surface area contributed by atoms with Crippen LogP contribution in [-0.2, 0) is 10.0 Å². The molecule has 0 aliphatic carbocycles. The molecule has 104 valence electrons. The predicted octanol–water partition coefficient (Wildman–Crippen LogP) is 2.72. The van der Waals surface area contributed by atoms with Gasteiger partial charge in [-0.1, -0.05) is 37.0 Å². The van der Waals surface area contributed by atoms with Gasteiger partial charge in [0.25, 0.3) is 0 Å². The lowest BCUT2D eigenvalue weighted by molar-refractivity contribution is 0.554. The molecule has 0 bridgehead atoms. The molecule has 18 heavy (non-hydrogen) atoms. The third kappa shape index (κ3) is 5.03. The molecule has 0 spiro atoms. The van der Waals surface area contributed by atoms with Crippen molar-refractivity contribution in [1.82, 2.24) is 10.0 Å². The van der Waals surface area contributed by atoms with Gasteiger partial charge in [-0.25, -0.2) is 13.1 Å². The highest BCUT2D eigenvalue weighted by atomic mass is 35.5. The molecule has 0 atom stereocenters. The normalized spacial score (nSPS) is 12.3. The molecule has 0 saturated heterocycles. The first-order chi connectivity index (χ1) is 8.33. The van der Waals surface area contributed by atoms with Crippen molar-refractivity contribution in [2.45, 2.75) is 31.2 Å². The number of rotatable bonds is 7. The van der Waals surface area contributed by atoms with Crippen molar-refractivity contribution in [2.24, 2.45) is 0 Å². The van der Waals surface area contributed by atoms with Crippen LogP contribution in [0.15, 0.2) is 11.0 Å². The Morgan fingerprint density at radius 2 is 2.00 bits per heavy atom. The van der Waals surface area contributed by atoms with Crippen LogP contribution >= 0.6 is 34.5 Å². The van der Waals surface area contributed by atoms with Gasteiger partial charge < -0.3 is 5.32 Å². The third-order valence-electron chi connectivity index (χ3n) is 2.11. The maximum Gasteiger partial charge on any atom is 0.242 e. The van der Waals surface area contributed by atoms with E-state index >= 15 is 0 Å². The van der Waals surface area contributed by atoms with E-state index in [4.69, 9.17) is 23.2 Å². The standard InChI is InChI=1S/C10H16Cl2N2O2S2/c1-7(2)13-4-3-5-14-18(15,16)8-6-9(11)17-10(8)12/h6-7,13-14H,3-5H2,1-2H3. The Bertz CT molecular complexity index is 486. The fourth-order valence-electron chi connectivity index (χ4n) is 1.27. The molecule has 0 aromatic carbocycles. The van der Waals surface area contributed by atoms with E-state index in [2.05, 4.69) is 10.0 Å². The molecule has 1 aromatic heterocycles. The molecule has 4 nitrogen and oxygen atoms in total. The summed E-state index contributed by atoms with van der Waals surface area (Å²) in [5.74, 6) is 0. The molecule has 1 rings (SSSR count). The smallest absolute Gasteiger partial charge is 0.242 e. The SMILES string of the molecule is CC(C)NCCCNS(=O)(=O)c1cc(Cl)sc1Cl. The highest BCUT2D eigenvalue weighted by Crippen LogP contribution is 2.33. The topological polar surface area (TPSA) is 58.2 Å². The van der Waals surface area contributed by atoms with E-state index in [1.165, 1.54) is 6.07 Å². The molecular weight excluding hydrogens is 315 g/mol. The van der Waals surface area contributed by atoms with Crippen LogP contribution in [0, 0.1) is 0 Å². The zero-order valence-electron chi connectivity index (χ0n) is 10.2. The summed E-state index contributed by atoms with van der Waals surface area (Å²) in [5.41, 5.74) is 0. The molecule has 1 heterocycles. The van der Waals surface area contributed by atoms with Crippen LogP contribution in [0.25, 0.3) is 0 Å². The minimum atomic E-state index is -3.55. The first-order valence-corrected chi connectivity index (χ1v) is 8.56. The zero-order valence-corrected chi connectivity index (χ0v) is 13.3. The van der Waals surface area contributed by atoms with Crippen LogP contribution in [0.2, 0.25) is 8.67 Å². The highest BCUT2D eigenvalue weighted by molar-refractivity contribution is 7.89. The van der Waals surface area contributed by atoms with E-state index in [0.717, 1.165) is 17.9 Å². The predicted molar refractivity (Wildman–Crippen MR) is 77.3 cm³/mol. The van der Waals surface area contributed by atoms with Crippen molar-refractivity contribution in [3.8, 4) is 0 Å². The van der Waals surface area contributed by atoms with Crippen molar-refractivity contribution in [1.29, 1.82) is 0 Å². The third-order valence-corrected chi connectivity index (χ3v) is 5.33. The van der Waals surface area contributed by atoms with Crippen LogP contribution in [0.5, 0.6) is 0 Å². The molecule has 0 amide bonds. The Kier molecular flexibility index (Phi) is 6.37. The van der Waals surface area contributed by atoms with E-state index in [9.17, 15) is 8.42 Å². The number of hydrogen-bond donors (Lipinski definition) is 2. The summed E-state index contributed by atoms with van der Waals surface area (Å²) in [6, 6.07) is 1.76. The maximum atomic E-state index is 11.9. The average molecular weight is 331 g/mol. The quantitative estimate of drug-likeness (QED) is 0.756. The Morgan fingerprint density at radius 3 is 2.50 bits per heavy atom. The lowest BCUT2D eigenvalue weighted by Gasteiger charge is -2.08. The summed E-state index contributed by atoms with van der Waals surface area (Å²) in [7, 11) is -3.55. The largest absolute Gasteiger partial charge is 0.314 e. The minimum Gasteiger partial charge on any atom is -0.314 e. The zero-order chi connectivity index (χ0) is 13.8. The Balaban J connectivity index is 2.48. The summed E-state index contributed by atoms with van der Waals surface area (Å²) in [6.45, 7) is 5.21. The van der Waals surface area contributed by atoms with Crippen LogP contribution in [-0.4, -0.2) is 27.5 Å². The Hall–Kier alpha value is 0.150. The van der Waals surface area contributed by atoms with Gasteiger partial charge in [-0.15, -0.1) is 11.3 Å². The van der Waals surface area contributed by atoms with Crippen molar-refractivity contribution in [3.05, 3.63) is 14.7 Å². The second-order valence-corrected chi connectivity index (χ2v) is 8.07. The molecular formula is C10H16Cl2N2O2S2. The Labute approximate surface area is 122 Å². The van der Waals surface area contributed by atoms with Gasteiger partial charge in [0.1, 0.15) is 9.23 Å². The molecule has 8 heteroatoms. The molecule has 0 radical (unpaired) electrons. The first kappa shape index (κ1) is 16.2. The minimum absolute atomic E-state index is 0.0518. The van der Waals surface area contributed by atoms with E-state index < -0.39 is 10.0 Å². The van der Waals surface area contributed by atoms with E-state index in [-0.39, 0.29) is 9.23 Å². The summed E-state index contributed by atoms with van der Waals surface area (Å²) in [5, 5.41) is 3.21. The van der Waals surface area contributed by atoms with E-state index in [1.807, 2.05) is 13.8 Å². The average Bonchev–Trinajstić information content (AvgIpc) is 2.57. The maximum absolute atomic E-state index is 11.9.